The lowest BCUT2D eigenvalue weighted by atomic mass is 9.92. The SMILES string of the molecule is CC1C2CN(C3CCN(C(=O)OC(C)(C)C)C3)c3c(-c4ccnc5cc(Cn6c(=O)ccn(CC(F)F)c6=O)sc45)cc(Cl)cc3C12. The maximum Gasteiger partial charge on any atom is 0.410 e. The van der Waals surface area contributed by atoms with E-state index in [9.17, 15) is 23.2 Å². The number of thiophene rings is 1. The van der Waals surface area contributed by atoms with Gasteiger partial charge in [0.2, 0.25) is 0 Å². The lowest BCUT2D eigenvalue weighted by Crippen LogP contribution is -2.43. The van der Waals surface area contributed by atoms with Crippen molar-refractivity contribution in [1.82, 2.24) is 19.0 Å². The van der Waals surface area contributed by atoms with Crippen molar-refractivity contribution in [2.75, 3.05) is 24.5 Å². The van der Waals surface area contributed by atoms with Crippen LogP contribution in [0.15, 0.2) is 52.3 Å². The van der Waals surface area contributed by atoms with Crippen molar-refractivity contribution in [2.24, 2.45) is 11.8 Å². The van der Waals surface area contributed by atoms with E-state index in [0.717, 1.165) is 55.9 Å². The van der Waals surface area contributed by atoms with Gasteiger partial charge < -0.3 is 14.5 Å². The lowest BCUT2D eigenvalue weighted by Gasteiger charge is -2.38. The Morgan fingerprint density at radius 2 is 1.94 bits per heavy atom. The first-order valence-electron chi connectivity index (χ1n) is 15.8. The number of benzene rings is 1. The van der Waals surface area contributed by atoms with Crippen LogP contribution in [0.25, 0.3) is 21.3 Å². The van der Waals surface area contributed by atoms with Gasteiger partial charge in [-0.05, 0) is 74.8 Å². The molecule has 248 valence electrons. The van der Waals surface area contributed by atoms with Crippen molar-refractivity contribution in [3.8, 4) is 11.1 Å². The minimum Gasteiger partial charge on any atom is -0.444 e. The molecule has 0 bridgehead atoms. The molecule has 4 aromatic rings. The molecule has 4 unspecified atom stereocenters. The molecule has 47 heavy (non-hydrogen) atoms. The molecule has 0 spiro atoms. The molecule has 0 radical (unpaired) electrons. The van der Waals surface area contributed by atoms with Gasteiger partial charge in [0.15, 0.2) is 0 Å². The van der Waals surface area contributed by atoms with E-state index in [4.69, 9.17) is 16.3 Å². The Morgan fingerprint density at radius 3 is 2.68 bits per heavy atom. The number of alkyl halides is 2. The molecule has 1 saturated heterocycles. The van der Waals surface area contributed by atoms with E-state index < -0.39 is 29.8 Å². The van der Waals surface area contributed by atoms with E-state index in [2.05, 4.69) is 22.9 Å². The average Bonchev–Trinajstić information content (AvgIpc) is 3.33. The van der Waals surface area contributed by atoms with Crippen LogP contribution in [-0.4, -0.2) is 62.8 Å². The Kier molecular flexibility index (Phi) is 7.94. The number of carbonyl (C=O) groups excluding carboxylic acids is 1. The minimum atomic E-state index is -2.73. The summed E-state index contributed by atoms with van der Waals surface area (Å²) in [4.78, 5) is 48.1. The zero-order valence-electron chi connectivity index (χ0n) is 26.6. The van der Waals surface area contributed by atoms with Crippen molar-refractivity contribution in [2.45, 2.75) is 71.2 Å². The topological polar surface area (TPSA) is 89.7 Å². The van der Waals surface area contributed by atoms with Gasteiger partial charge in [0.1, 0.15) is 5.60 Å². The zero-order chi connectivity index (χ0) is 33.4. The summed E-state index contributed by atoms with van der Waals surface area (Å²) < 4.78 is 34.5. The number of anilines is 1. The monoisotopic (exact) mass is 683 g/mol. The summed E-state index contributed by atoms with van der Waals surface area (Å²) in [5.74, 6) is 1.42. The van der Waals surface area contributed by atoms with Crippen LogP contribution in [0, 0.1) is 11.8 Å². The van der Waals surface area contributed by atoms with Crippen LogP contribution in [-0.2, 0) is 17.8 Å². The Balaban J connectivity index is 1.28. The van der Waals surface area contributed by atoms with Gasteiger partial charge in [-0.2, -0.15) is 0 Å². The molecule has 3 aliphatic rings. The number of carbonyl (C=O) groups is 1. The maximum absolute atomic E-state index is 13.1. The first kappa shape index (κ1) is 31.8. The summed E-state index contributed by atoms with van der Waals surface area (Å²) in [6.45, 7) is 9.10. The fourth-order valence-corrected chi connectivity index (χ4v) is 8.66. The largest absolute Gasteiger partial charge is 0.444 e. The maximum atomic E-state index is 13.1. The summed E-state index contributed by atoms with van der Waals surface area (Å²) in [5, 5.41) is 0.636. The molecule has 9 nitrogen and oxygen atoms in total. The third-order valence-corrected chi connectivity index (χ3v) is 10.9. The van der Waals surface area contributed by atoms with Crippen LogP contribution in [0.3, 0.4) is 0 Å². The van der Waals surface area contributed by atoms with Crippen LogP contribution in [0.4, 0.5) is 19.3 Å². The predicted molar refractivity (Wildman–Crippen MR) is 179 cm³/mol. The van der Waals surface area contributed by atoms with E-state index in [1.807, 2.05) is 39.0 Å². The van der Waals surface area contributed by atoms with Gasteiger partial charge in [-0.15, -0.1) is 11.3 Å². The number of halogens is 3. The van der Waals surface area contributed by atoms with Gasteiger partial charge in [-0.3, -0.25) is 18.9 Å². The van der Waals surface area contributed by atoms with E-state index in [1.54, 1.807) is 11.1 Å². The average molecular weight is 684 g/mol. The molecular weight excluding hydrogens is 648 g/mol. The number of hydrogen-bond donors (Lipinski definition) is 0. The standard InChI is InChI=1S/C34H36ClF2N5O4S/c1-18-25-16-41(20-6-9-40(14-20)33(45)46-34(2,3)4)30-23(11-19(35)12-24(30)29(18)25)22-5-8-38-26-13-21(47-31(22)26)15-42-28(43)7-10-39(32(42)44)17-27(36)37/h5,7-8,10-13,18,20,25,27,29H,6,9,14-17H2,1-4H3. The summed E-state index contributed by atoms with van der Waals surface area (Å²) >= 11 is 8.23. The Hall–Kier alpha value is -3.77. The smallest absolute Gasteiger partial charge is 0.410 e. The second-order valence-corrected chi connectivity index (χ2v) is 15.4. The van der Waals surface area contributed by atoms with E-state index in [0.29, 0.717) is 46.3 Å². The minimum absolute atomic E-state index is 0.0637. The number of hydrogen-bond acceptors (Lipinski definition) is 7. The summed E-state index contributed by atoms with van der Waals surface area (Å²) in [5.41, 5.74) is 3.01. The molecule has 13 heteroatoms. The van der Waals surface area contributed by atoms with E-state index in [1.165, 1.54) is 16.9 Å². The van der Waals surface area contributed by atoms with Gasteiger partial charge in [0.25, 0.3) is 12.0 Å². The van der Waals surface area contributed by atoms with Gasteiger partial charge in [-0.1, -0.05) is 18.5 Å². The van der Waals surface area contributed by atoms with Crippen molar-refractivity contribution < 1.29 is 18.3 Å². The van der Waals surface area contributed by atoms with Crippen LogP contribution in [0.2, 0.25) is 5.02 Å². The number of ether oxygens (including phenoxy) is 1. The van der Waals surface area contributed by atoms with Crippen molar-refractivity contribution in [3.63, 3.8) is 0 Å². The number of fused-ring (bicyclic) bond motifs is 4. The van der Waals surface area contributed by atoms with Gasteiger partial charge in [-0.25, -0.2) is 18.4 Å². The highest BCUT2D eigenvalue weighted by atomic mass is 35.5. The third-order valence-electron chi connectivity index (χ3n) is 9.52. The number of likely N-dealkylation sites (tertiary alicyclic amines) is 1. The highest BCUT2D eigenvalue weighted by molar-refractivity contribution is 7.19. The van der Waals surface area contributed by atoms with E-state index >= 15 is 0 Å². The Bertz CT molecular complexity index is 2000. The van der Waals surface area contributed by atoms with Crippen molar-refractivity contribution in [1.29, 1.82) is 0 Å². The second kappa shape index (κ2) is 11.7. The van der Waals surface area contributed by atoms with Crippen LogP contribution in [0.5, 0.6) is 0 Å². The summed E-state index contributed by atoms with van der Waals surface area (Å²) in [6.07, 6.45) is 0.634. The fourth-order valence-electron chi connectivity index (χ4n) is 7.30. The molecule has 3 aromatic heterocycles. The van der Waals surface area contributed by atoms with Gasteiger partial charge in [0, 0.05) is 70.9 Å². The number of amides is 1. The highest BCUT2D eigenvalue weighted by Crippen LogP contribution is 2.62. The molecule has 5 heterocycles. The highest BCUT2D eigenvalue weighted by Gasteiger charge is 2.54. The molecule has 2 fully saturated rings. The number of rotatable bonds is 6. The quantitative estimate of drug-likeness (QED) is 0.233. The van der Waals surface area contributed by atoms with E-state index in [-0.39, 0.29) is 18.7 Å². The Morgan fingerprint density at radius 1 is 1.15 bits per heavy atom. The molecule has 1 aliphatic carbocycles. The van der Waals surface area contributed by atoms with Crippen LogP contribution >= 0.6 is 22.9 Å². The number of aromatic nitrogens is 3. The Labute approximate surface area is 279 Å². The van der Waals surface area contributed by atoms with Gasteiger partial charge in [0.05, 0.1) is 23.3 Å². The molecule has 2 aliphatic heterocycles. The molecule has 4 atom stereocenters. The molecule has 1 saturated carbocycles. The van der Waals surface area contributed by atoms with Crippen molar-refractivity contribution >= 4 is 44.9 Å². The lowest BCUT2D eigenvalue weighted by molar-refractivity contribution is 0.0292. The number of pyridine rings is 1. The second-order valence-electron chi connectivity index (χ2n) is 13.8. The summed E-state index contributed by atoms with van der Waals surface area (Å²) in [6, 6.07) is 9.10. The summed E-state index contributed by atoms with van der Waals surface area (Å²) in [7, 11) is 0. The van der Waals surface area contributed by atoms with Gasteiger partial charge >= 0.3 is 11.8 Å². The fraction of sp³-hybridized carbons (Fsp3) is 0.471. The van der Waals surface area contributed by atoms with Crippen LogP contribution in [0.1, 0.15) is 50.5 Å². The predicted octanol–water partition coefficient (Wildman–Crippen LogP) is 6.43. The molecule has 7 rings (SSSR count). The molecule has 1 amide bonds. The first-order chi connectivity index (χ1) is 22.3. The molecule has 1 aromatic carbocycles. The van der Waals surface area contributed by atoms with Crippen LogP contribution < -0.4 is 16.1 Å². The molecular formula is C34H36ClF2N5O4S. The zero-order valence-corrected chi connectivity index (χ0v) is 28.2. The third kappa shape index (κ3) is 5.94. The number of nitrogens with zero attached hydrogens (tertiary/aromatic N) is 5. The molecule has 0 N–H and O–H groups in total. The van der Waals surface area contributed by atoms with Crippen molar-refractivity contribution in [3.05, 3.63) is 79.0 Å². The normalized spacial score (nSPS) is 22.1. The first-order valence-corrected chi connectivity index (χ1v) is 17.0.